The van der Waals surface area contributed by atoms with Crippen molar-refractivity contribution in [2.75, 3.05) is 0 Å². The Kier molecular flexibility index (Phi) is 13.8. The van der Waals surface area contributed by atoms with Gasteiger partial charge >= 0.3 is 7.12 Å². The van der Waals surface area contributed by atoms with Crippen LogP contribution in [-0.4, -0.2) is 47.0 Å². The molecule has 0 radical (unpaired) electrons. The maximum atomic E-state index is 6.12. The minimum Gasteiger partial charge on any atom is -0.399 e. The number of benzene rings is 10. The second kappa shape index (κ2) is 21.0. The topological polar surface area (TPSA) is 71.9 Å². The number of nitrogens with zero attached hydrogens (tertiary/aromatic N) is 6. The first kappa shape index (κ1) is 51.8. The molecule has 11 heteroatoms. The summed E-state index contributed by atoms with van der Waals surface area (Å²) in [6.07, 6.45) is 0. The van der Waals surface area contributed by atoms with Gasteiger partial charge in [-0.25, -0.2) is 15.0 Å². The molecule has 14 rings (SSSR count). The molecule has 0 amide bonds. The van der Waals surface area contributed by atoms with Gasteiger partial charge in [0.05, 0.1) is 44.3 Å². The van der Waals surface area contributed by atoms with Crippen molar-refractivity contribution < 1.29 is 9.31 Å². The van der Waals surface area contributed by atoms with Gasteiger partial charge in [-0.05, 0) is 169 Å². The second-order valence-electron chi connectivity index (χ2n) is 21.2. The number of aromatic nitrogens is 6. The second-order valence-corrected chi connectivity index (χ2v) is 22.9. The Hall–Kier alpha value is -7.93. The molecule has 13 aromatic rings. The third-order valence-corrected chi connectivity index (χ3v) is 17.5. The lowest BCUT2D eigenvalue weighted by Crippen LogP contribution is -2.41. The molecule has 1 aliphatic rings. The van der Waals surface area contributed by atoms with E-state index in [9.17, 15) is 0 Å². The smallest absolute Gasteiger partial charge is 0.399 e. The van der Waals surface area contributed by atoms with Crippen LogP contribution in [0.2, 0.25) is 0 Å². The summed E-state index contributed by atoms with van der Waals surface area (Å²) in [4.78, 5) is 14.6. The van der Waals surface area contributed by atoms with E-state index in [2.05, 4.69) is 263 Å². The van der Waals surface area contributed by atoms with E-state index < -0.39 is 0 Å². The highest BCUT2D eigenvalue weighted by Crippen LogP contribution is 2.39. The van der Waals surface area contributed by atoms with Gasteiger partial charge in [-0.3, -0.25) is 0 Å². The Morgan fingerprint density at radius 2 is 0.633 bits per heavy atom. The summed E-state index contributed by atoms with van der Waals surface area (Å²) in [5.41, 5.74) is 14.9. The molecular weight excluding hydrogens is 1100 g/mol. The lowest BCUT2D eigenvalue weighted by molar-refractivity contribution is 0.00578. The average molecular weight is 1160 g/mol. The predicted molar refractivity (Wildman–Crippen MR) is 335 cm³/mol. The minimum absolute atomic E-state index is 0.326. The molecule has 1 saturated heterocycles. The van der Waals surface area contributed by atoms with Crippen LogP contribution in [0.3, 0.4) is 0 Å². The van der Waals surface area contributed by atoms with Crippen molar-refractivity contribution in [2.24, 2.45) is 21.1 Å². The first-order valence-electron chi connectivity index (χ1n) is 26.5. The van der Waals surface area contributed by atoms with Gasteiger partial charge in [-0.15, -0.1) is 0 Å². The van der Waals surface area contributed by atoms with E-state index >= 15 is 0 Å². The van der Waals surface area contributed by atoms with Crippen LogP contribution in [0.25, 0.3) is 111 Å². The quantitative estimate of drug-likeness (QED) is 0.155. The van der Waals surface area contributed by atoms with Crippen molar-refractivity contribution in [1.82, 2.24) is 28.7 Å². The van der Waals surface area contributed by atoms with Crippen LogP contribution in [0.4, 0.5) is 0 Å². The number of hydrogen-bond donors (Lipinski definition) is 0. The zero-order valence-corrected chi connectivity index (χ0v) is 48.3. The van der Waals surface area contributed by atoms with E-state index in [0.717, 1.165) is 81.7 Å². The molecule has 388 valence electrons. The molecule has 4 heterocycles. The van der Waals surface area contributed by atoms with Crippen molar-refractivity contribution in [3.8, 4) is 56.4 Å². The lowest BCUT2D eigenvalue weighted by Gasteiger charge is -2.32. The van der Waals surface area contributed by atoms with Gasteiger partial charge in [0, 0.05) is 46.8 Å². The minimum atomic E-state index is -0.334. The van der Waals surface area contributed by atoms with Crippen LogP contribution in [0.15, 0.2) is 227 Å². The fourth-order valence-corrected chi connectivity index (χ4v) is 11.2. The fraction of sp³-hybridized carbons (Fsp3) is 0.132. The standard InChI is InChI=1S/C38H28N4.C20H23BN2O2.C10H6Br2/c1-41-35-13-7-5-11-33(35)39-37(41)27-19-15-25(16-20-27)31-23-29-9-3-4-10-30(29)24-32(31)26-17-21-28(22-18-26)38-40-34-12-6-8-14-36(34)42(38)2;1-19(2)20(3,4)25-21(24-19)15-12-10-14(11-13-15)18-22-16-8-6-7-9-17(16)23(18)5;11-9-5-7-3-1-2-4-8(7)6-10(9)12/h3-24H,1-2H3;6-13H,1-5H3;1-6H. The predicted octanol–water partition coefficient (Wildman–Crippen LogP) is 17.2. The third-order valence-electron chi connectivity index (χ3n) is 15.6. The molecule has 10 aromatic carbocycles. The first-order chi connectivity index (χ1) is 38.2. The molecule has 1 aliphatic heterocycles. The zero-order chi connectivity index (χ0) is 54.6. The van der Waals surface area contributed by atoms with Crippen LogP contribution in [-0.2, 0) is 30.5 Å². The average Bonchev–Trinajstić information content (AvgIpc) is 4.27. The summed E-state index contributed by atoms with van der Waals surface area (Å²) in [6, 6.07) is 76.4. The monoisotopic (exact) mass is 1160 g/mol. The molecule has 0 unspecified atom stereocenters. The number of aryl methyl sites for hydroxylation is 3. The normalized spacial score (nSPS) is 13.7. The van der Waals surface area contributed by atoms with E-state index in [-0.39, 0.29) is 18.3 Å². The lowest BCUT2D eigenvalue weighted by atomic mass is 9.79. The molecule has 8 nitrogen and oxygen atoms in total. The molecule has 0 N–H and O–H groups in total. The highest BCUT2D eigenvalue weighted by atomic mass is 79.9. The van der Waals surface area contributed by atoms with Crippen molar-refractivity contribution in [3.63, 3.8) is 0 Å². The number of hydrogen-bond acceptors (Lipinski definition) is 5. The molecule has 79 heavy (non-hydrogen) atoms. The van der Waals surface area contributed by atoms with Crippen LogP contribution in [0.1, 0.15) is 27.7 Å². The van der Waals surface area contributed by atoms with E-state index in [1.54, 1.807) is 0 Å². The first-order valence-corrected chi connectivity index (χ1v) is 28.1. The largest absolute Gasteiger partial charge is 0.494 e. The van der Waals surface area contributed by atoms with Crippen LogP contribution in [0, 0.1) is 0 Å². The Labute approximate surface area is 477 Å². The van der Waals surface area contributed by atoms with Gasteiger partial charge in [0.1, 0.15) is 17.5 Å². The molecule has 0 spiro atoms. The maximum absolute atomic E-state index is 6.12. The van der Waals surface area contributed by atoms with Gasteiger partial charge in [-0.1, -0.05) is 158 Å². The molecule has 0 bridgehead atoms. The molecular formula is C68H57BBr2N6O2. The van der Waals surface area contributed by atoms with Crippen LogP contribution >= 0.6 is 31.9 Å². The number of fused-ring (bicyclic) bond motifs is 5. The summed E-state index contributed by atoms with van der Waals surface area (Å²) in [6.45, 7) is 8.28. The van der Waals surface area contributed by atoms with Gasteiger partial charge in [0.2, 0.25) is 0 Å². The van der Waals surface area contributed by atoms with Gasteiger partial charge in [0.25, 0.3) is 0 Å². The summed E-state index contributed by atoms with van der Waals surface area (Å²) < 4.78 is 20.9. The molecule has 3 aromatic heterocycles. The summed E-state index contributed by atoms with van der Waals surface area (Å²) in [5.74, 6) is 2.90. The van der Waals surface area contributed by atoms with Crippen molar-refractivity contribution in [2.45, 2.75) is 38.9 Å². The van der Waals surface area contributed by atoms with Gasteiger partial charge in [-0.2, -0.15) is 0 Å². The zero-order valence-electron chi connectivity index (χ0n) is 45.1. The van der Waals surface area contributed by atoms with E-state index in [0.29, 0.717) is 0 Å². The highest BCUT2D eigenvalue weighted by molar-refractivity contribution is 9.13. The molecule has 0 aliphatic carbocycles. The van der Waals surface area contributed by atoms with Gasteiger partial charge < -0.3 is 23.0 Å². The number of halogens is 2. The number of imidazole rings is 3. The Balaban J connectivity index is 0.000000141. The third kappa shape index (κ3) is 10.0. The van der Waals surface area contributed by atoms with Crippen LogP contribution < -0.4 is 5.46 Å². The molecule has 1 fully saturated rings. The SMILES string of the molecule is Brc1cc2ccccc2cc1Br.Cn1c(-c2ccc(-c3cc4ccccc4cc3-c3ccc(-c4nc5ccccc5n4C)cc3)cc2)nc2ccccc21.Cn1c(-c2ccc(B3OC(C)(C)C(C)(C)O3)cc2)nc2ccccc21. The number of rotatable bonds is 6. The number of para-hydroxylation sites is 6. The molecule has 0 saturated carbocycles. The summed E-state index contributed by atoms with van der Waals surface area (Å²) in [7, 11) is 5.88. The van der Waals surface area contributed by atoms with E-state index in [4.69, 9.17) is 24.3 Å². The summed E-state index contributed by atoms with van der Waals surface area (Å²) in [5, 5.41) is 4.97. The van der Waals surface area contributed by atoms with Crippen molar-refractivity contribution >= 4 is 99.1 Å². The van der Waals surface area contributed by atoms with Crippen molar-refractivity contribution in [1.29, 1.82) is 0 Å². The van der Waals surface area contributed by atoms with Crippen molar-refractivity contribution in [3.05, 3.63) is 227 Å². The Morgan fingerprint density at radius 1 is 0.354 bits per heavy atom. The van der Waals surface area contributed by atoms with E-state index in [1.165, 1.54) is 43.8 Å². The van der Waals surface area contributed by atoms with Crippen LogP contribution in [0.5, 0.6) is 0 Å². The molecule has 0 atom stereocenters. The fourth-order valence-electron chi connectivity index (χ4n) is 10.5. The maximum Gasteiger partial charge on any atom is 0.494 e. The van der Waals surface area contributed by atoms with Gasteiger partial charge in [0.15, 0.2) is 0 Å². The Bertz CT molecular complexity index is 4170. The Morgan fingerprint density at radius 3 is 0.962 bits per heavy atom. The summed E-state index contributed by atoms with van der Waals surface area (Å²) >= 11 is 6.94. The van der Waals surface area contributed by atoms with E-state index in [1.807, 2.05) is 49.5 Å². The highest BCUT2D eigenvalue weighted by Gasteiger charge is 2.51.